The average Bonchev–Trinajstić information content (AvgIpc) is 2.81. The topological polar surface area (TPSA) is 45.2 Å². The molecule has 0 radical (unpaired) electrons. The minimum Gasteiger partial charge on any atom is -0.508 e. The van der Waals surface area contributed by atoms with Gasteiger partial charge in [-0.2, -0.15) is 0 Å². The quantitative estimate of drug-likeness (QED) is 0.698. The predicted molar refractivity (Wildman–Crippen MR) is 76.2 cm³/mol. The lowest BCUT2D eigenvalue weighted by atomic mass is 10.2. The number of hydrogen-bond acceptors (Lipinski definition) is 4. The molecule has 0 atom stereocenters. The smallest absolute Gasteiger partial charge is 0.146 e. The molecule has 3 nitrogen and oxygen atoms in total. The van der Waals surface area contributed by atoms with E-state index in [4.69, 9.17) is 0 Å². The number of nitrogens with one attached hydrogen (secondary N) is 1. The molecule has 1 aromatic heterocycles. The monoisotopic (exact) mass is 275 g/mol. The summed E-state index contributed by atoms with van der Waals surface area (Å²) in [6.45, 7) is 0. The third-order valence-corrected chi connectivity index (χ3v) is 3.92. The molecule has 0 spiro atoms. The van der Waals surface area contributed by atoms with E-state index in [1.165, 1.54) is 17.4 Å². The molecular formula is C14H11FN2OS. The number of nitrogens with zero attached hydrogens (tertiary/aromatic N) is 1. The van der Waals surface area contributed by atoms with E-state index in [2.05, 4.69) is 10.3 Å². The van der Waals surface area contributed by atoms with Crippen molar-refractivity contribution in [3.8, 4) is 16.3 Å². The Morgan fingerprint density at radius 1 is 1.21 bits per heavy atom. The summed E-state index contributed by atoms with van der Waals surface area (Å²) in [7, 11) is 1.68. The lowest BCUT2D eigenvalue weighted by Crippen LogP contribution is -1.92. The van der Waals surface area contributed by atoms with Gasteiger partial charge in [-0.25, -0.2) is 9.37 Å². The fourth-order valence-corrected chi connectivity index (χ4v) is 2.88. The van der Waals surface area contributed by atoms with Gasteiger partial charge in [-0.05, 0) is 36.4 Å². The van der Waals surface area contributed by atoms with E-state index in [9.17, 15) is 9.50 Å². The highest BCUT2D eigenvalue weighted by atomic mass is 32.1. The fraction of sp³-hybridized carbons (Fsp3) is 0.0714. The first-order valence-electron chi connectivity index (χ1n) is 5.74. The molecule has 0 saturated carbocycles. The number of fused-ring (bicyclic) bond motifs is 1. The van der Waals surface area contributed by atoms with Gasteiger partial charge < -0.3 is 10.4 Å². The van der Waals surface area contributed by atoms with Crippen molar-refractivity contribution in [1.82, 2.24) is 4.98 Å². The molecule has 0 unspecified atom stereocenters. The van der Waals surface area contributed by atoms with Crippen molar-refractivity contribution in [2.75, 3.05) is 12.4 Å². The Kier molecular flexibility index (Phi) is 2.83. The van der Waals surface area contributed by atoms with Crippen LogP contribution in [0.4, 0.5) is 10.1 Å². The summed E-state index contributed by atoms with van der Waals surface area (Å²) in [4.78, 5) is 4.44. The van der Waals surface area contributed by atoms with Gasteiger partial charge in [0, 0.05) is 12.6 Å². The van der Waals surface area contributed by atoms with Gasteiger partial charge in [0.25, 0.3) is 0 Å². The maximum absolute atomic E-state index is 13.7. The third-order valence-electron chi connectivity index (χ3n) is 2.86. The van der Waals surface area contributed by atoms with E-state index >= 15 is 0 Å². The summed E-state index contributed by atoms with van der Waals surface area (Å²) in [5.41, 5.74) is 2.00. The molecule has 19 heavy (non-hydrogen) atoms. The van der Waals surface area contributed by atoms with E-state index in [0.717, 1.165) is 20.8 Å². The molecule has 3 aromatic rings. The maximum Gasteiger partial charge on any atom is 0.146 e. The van der Waals surface area contributed by atoms with E-state index in [0.29, 0.717) is 5.69 Å². The SMILES string of the molecule is [13CH3]Nc1ccc(-c2nc3ccc(O)cc3s2)cc1F. The Hall–Kier alpha value is -2.14. The second-order valence-corrected chi connectivity index (χ2v) is 5.15. The van der Waals surface area contributed by atoms with E-state index < -0.39 is 0 Å². The normalized spacial score (nSPS) is 10.8. The first-order chi connectivity index (χ1) is 9.17. The van der Waals surface area contributed by atoms with Crippen LogP contribution in [-0.2, 0) is 0 Å². The summed E-state index contributed by atoms with van der Waals surface area (Å²) in [6, 6.07) is 9.98. The van der Waals surface area contributed by atoms with Gasteiger partial charge in [-0.15, -0.1) is 11.3 Å². The number of phenolic OH excluding ortho intramolecular Hbond substituents is 1. The fourth-order valence-electron chi connectivity index (χ4n) is 1.89. The van der Waals surface area contributed by atoms with Crippen molar-refractivity contribution >= 4 is 27.2 Å². The Labute approximate surface area is 113 Å². The molecule has 96 valence electrons. The molecule has 0 amide bonds. The number of thiazole rings is 1. The molecule has 5 heteroatoms. The number of phenols is 1. The highest BCUT2D eigenvalue weighted by Gasteiger charge is 2.09. The first-order valence-corrected chi connectivity index (χ1v) is 6.56. The highest BCUT2D eigenvalue weighted by Crippen LogP contribution is 2.33. The van der Waals surface area contributed by atoms with Crippen molar-refractivity contribution in [3.05, 3.63) is 42.2 Å². The number of anilines is 1. The van der Waals surface area contributed by atoms with Crippen LogP contribution in [-0.4, -0.2) is 17.1 Å². The summed E-state index contributed by atoms with van der Waals surface area (Å²) in [6.07, 6.45) is 0. The Balaban J connectivity index is 2.11. The summed E-state index contributed by atoms with van der Waals surface area (Å²) < 4.78 is 14.6. The van der Waals surface area contributed by atoms with Gasteiger partial charge in [0.15, 0.2) is 0 Å². The van der Waals surface area contributed by atoms with Crippen LogP contribution >= 0.6 is 11.3 Å². The van der Waals surface area contributed by atoms with Crippen LogP contribution in [0.1, 0.15) is 0 Å². The molecule has 0 aliphatic heterocycles. The maximum atomic E-state index is 13.7. The van der Waals surface area contributed by atoms with Crippen molar-refractivity contribution < 1.29 is 9.50 Å². The van der Waals surface area contributed by atoms with Crippen LogP contribution in [0, 0.1) is 5.82 Å². The van der Waals surface area contributed by atoms with E-state index in [-0.39, 0.29) is 11.6 Å². The van der Waals surface area contributed by atoms with Gasteiger partial charge in [0.05, 0.1) is 15.9 Å². The van der Waals surface area contributed by atoms with Gasteiger partial charge in [0.1, 0.15) is 16.6 Å². The van der Waals surface area contributed by atoms with Crippen molar-refractivity contribution in [1.29, 1.82) is 0 Å². The number of rotatable bonds is 2. The molecule has 1 heterocycles. The van der Waals surface area contributed by atoms with E-state index in [1.54, 1.807) is 31.3 Å². The molecule has 3 rings (SSSR count). The van der Waals surface area contributed by atoms with E-state index in [1.807, 2.05) is 6.07 Å². The minimum atomic E-state index is -0.304. The van der Waals surface area contributed by atoms with Crippen molar-refractivity contribution in [2.24, 2.45) is 0 Å². The Morgan fingerprint density at radius 3 is 2.79 bits per heavy atom. The van der Waals surface area contributed by atoms with Crippen molar-refractivity contribution in [3.63, 3.8) is 0 Å². The average molecular weight is 275 g/mol. The molecule has 0 fully saturated rings. The summed E-state index contributed by atoms with van der Waals surface area (Å²) in [5, 5.41) is 13.0. The summed E-state index contributed by atoms with van der Waals surface area (Å²) in [5.74, 6) is -0.0958. The second-order valence-electron chi connectivity index (χ2n) is 4.12. The Bertz CT molecular complexity index is 754. The molecule has 0 bridgehead atoms. The molecule has 2 aromatic carbocycles. The molecule has 2 N–H and O–H groups in total. The van der Waals surface area contributed by atoms with Crippen molar-refractivity contribution in [2.45, 2.75) is 0 Å². The number of hydrogen-bond donors (Lipinski definition) is 2. The number of benzene rings is 2. The number of aromatic nitrogens is 1. The first kappa shape index (κ1) is 11.9. The molecule has 0 aliphatic carbocycles. The van der Waals surface area contributed by atoms with Gasteiger partial charge in [0.2, 0.25) is 0 Å². The Morgan fingerprint density at radius 2 is 2.05 bits per heavy atom. The van der Waals surface area contributed by atoms with Crippen LogP contribution < -0.4 is 5.32 Å². The van der Waals surface area contributed by atoms with Crippen LogP contribution in [0.15, 0.2) is 36.4 Å². The van der Waals surface area contributed by atoms with Gasteiger partial charge >= 0.3 is 0 Å². The highest BCUT2D eigenvalue weighted by molar-refractivity contribution is 7.21. The molecule has 0 aliphatic rings. The number of halogens is 1. The predicted octanol–water partition coefficient (Wildman–Crippen LogP) is 3.85. The standard InChI is InChI=1S/C14H11FN2OS/c1-16-11-4-2-8(6-10(11)15)14-17-12-5-3-9(18)7-13(12)19-14/h2-7,16,18H,1H3/i1+1. The summed E-state index contributed by atoms with van der Waals surface area (Å²) >= 11 is 1.43. The van der Waals surface area contributed by atoms with Crippen LogP contribution in [0.2, 0.25) is 0 Å². The zero-order chi connectivity index (χ0) is 13.4. The third kappa shape index (κ3) is 2.13. The van der Waals surface area contributed by atoms with Gasteiger partial charge in [-0.3, -0.25) is 0 Å². The van der Waals surface area contributed by atoms with Crippen LogP contribution in [0.5, 0.6) is 5.75 Å². The van der Waals surface area contributed by atoms with Crippen LogP contribution in [0.25, 0.3) is 20.8 Å². The number of aromatic hydroxyl groups is 1. The molecular weight excluding hydrogens is 264 g/mol. The lowest BCUT2D eigenvalue weighted by Gasteiger charge is -2.03. The van der Waals surface area contributed by atoms with Gasteiger partial charge in [-0.1, -0.05) is 0 Å². The zero-order valence-electron chi connectivity index (χ0n) is 10.1. The molecule has 0 saturated heterocycles. The van der Waals surface area contributed by atoms with Crippen LogP contribution in [0.3, 0.4) is 0 Å². The largest absolute Gasteiger partial charge is 0.508 e. The lowest BCUT2D eigenvalue weighted by molar-refractivity contribution is 0.476. The second kappa shape index (κ2) is 4.51. The minimum absolute atomic E-state index is 0.208. The zero-order valence-corrected chi connectivity index (χ0v) is 11.0.